The number of nitrogens with one attached hydrogen (secondary N) is 1. The van der Waals surface area contributed by atoms with Crippen molar-refractivity contribution < 1.29 is 13.6 Å². The third kappa shape index (κ3) is 4.87. The summed E-state index contributed by atoms with van der Waals surface area (Å²) in [6.45, 7) is 5.78. The maximum Gasteiger partial charge on any atom is 0.228 e. The van der Waals surface area contributed by atoms with E-state index in [9.17, 15) is 9.18 Å². The fourth-order valence-electron chi connectivity index (χ4n) is 4.84. The van der Waals surface area contributed by atoms with Crippen molar-refractivity contribution in [2.45, 2.75) is 38.8 Å². The fourth-order valence-corrected chi connectivity index (χ4v) is 4.84. The number of furan rings is 1. The maximum atomic E-state index is 13.1. The molecule has 3 heterocycles. The molecule has 0 spiro atoms. The Bertz CT molecular complexity index is 827. The first-order valence-corrected chi connectivity index (χ1v) is 10.5. The molecule has 2 atom stereocenters. The number of amides is 1. The van der Waals surface area contributed by atoms with Crippen molar-refractivity contribution in [3.05, 3.63) is 53.7 Å². The summed E-state index contributed by atoms with van der Waals surface area (Å²) in [6.07, 6.45) is 3.20. The smallest absolute Gasteiger partial charge is 0.228 e. The monoisotopic (exact) mass is 399 g/mol. The molecule has 2 saturated heterocycles. The molecule has 1 amide bonds. The summed E-state index contributed by atoms with van der Waals surface area (Å²) >= 11 is 0. The van der Waals surface area contributed by atoms with Crippen LogP contribution in [0.5, 0.6) is 0 Å². The van der Waals surface area contributed by atoms with Gasteiger partial charge in [-0.2, -0.15) is 0 Å². The second-order valence-corrected chi connectivity index (χ2v) is 8.56. The molecule has 0 aliphatic carbocycles. The van der Waals surface area contributed by atoms with E-state index in [0.29, 0.717) is 17.6 Å². The van der Waals surface area contributed by atoms with Gasteiger partial charge >= 0.3 is 0 Å². The van der Waals surface area contributed by atoms with E-state index >= 15 is 0 Å². The second kappa shape index (κ2) is 8.67. The standard InChI is InChI=1S/C23H30FN3O2/c1-16-3-8-21(29-16)15-27-11-9-17(10-12-27)22-13-18(14-26(22)2)23(28)25-20-6-4-19(24)5-7-20/h3-8,17-18,22H,9-15H2,1-2H3,(H,25,28)/t18-,22+/m1/s1. The molecule has 29 heavy (non-hydrogen) atoms. The van der Waals surface area contributed by atoms with Gasteiger partial charge in [-0.1, -0.05) is 0 Å². The van der Waals surface area contributed by atoms with Crippen molar-refractivity contribution in [2.75, 3.05) is 32.0 Å². The fraction of sp³-hybridized carbons (Fsp3) is 0.522. The zero-order valence-corrected chi connectivity index (χ0v) is 17.2. The van der Waals surface area contributed by atoms with Crippen LogP contribution in [-0.2, 0) is 11.3 Å². The van der Waals surface area contributed by atoms with Gasteiger partial charge in [-0.15, -0.1) is 0 Å². The number of piperidine rings is 1. The van der Waals surface area contributed by atoms with Crippen molar-refractivity contribution in [2.24, 2.45) is 11.8 Å². The number of carbonyl (C=O) groups excluding carboxylic acids is 1. The number of aryl methyl sites for hydroxylation is 1. The number of hydrogen-bond acceptors (Lipinski definition) is 4. The van der Waals surface area contributed by atoms with Gasteiger partial charge in [0.2, 0.25) is 5.91 Å². The van der Waals surface area contributed by atoms with E-state index in [1.165, 1.54) is 12.1 Å². The van der Waals surface area contributed by atoms with E-state index in [-0.39, 0.29) is 17.6 Å². The third-order valence-corrected chi connectivity index (χ3v) is 6.43. The SMILES string of the molecule is Cc1ccc(CN2CCC([C@@H]3C[C@@H](C(=O)Nc4ccc(F)cc4)CN3C)CC2)o1. The minimum absolute atomic E-state index is 0.0147. The Morgan fingerprint density at radius 1 is 1.17 bits per heavy atom. The van der Waals surface area contributed by atoms with E-state index in [1.807, 2.05) is 13.0 Å². The summed E-state index contributed by atoms with van der Waals surface area (Å²) in [5, 5.41) is 2.94. The normalized spacial score (nSPS) is 24.1. The Balaban J connectivity index is 1.27. The first-order valence-electron chi connectivity index (χ1n) is 10.5. The Morgan fingerprint density at radius 2 is 1.90 bits per heavy atom. The summed E-state index contributed by atoms with van der Waals surface area (Å²) in [7, 11) is 2.13. The van der Waals surface area contributed by atoms with Crippen LogP contribution in [0, 0.1) is 24.6 Å². The molecule has 6 heteroatoms. The lowest BCUT2D eigenvalue weighted by Gasteiger charge is -2.36. The lowest BCUT2D eigenvalue weighted by molar-refractivity contribution is -0.119. The van der Waals surface area contributed by atoms with Crippen molar-refractivity contribution in [1.82, 2.24) is 9.80 Å². The van der Waals surface area contributed by atoms with Crippen molar-refractivity contribution in [3.8, 4) is 0 Å². The van der Waals surface area contributed by atoms with Crippen molar-refractivity contribution in [1.29, 1.82) is 0 Å². The molecule has 2 aromatic rings. The van der Waals surface area contributed by atoms with E-state index in [4.69, 9.17) is 4.42 Å². The second-order valence-electron chi connectivity index (χ2n) is 8.56. The predicted octanol–water partition coefficient (Wildman–Crippen LogP) is 3.90. The van der Waals surface area contributed by atoms with Crippen LogP contribution in [0.2, 0.25) is 0 Å². The average molecular weight is 400 g/mol. The summed E-state index contributed by atoms with van der Waals surface area (Å²) in [4.78, 5) is 17.5. The molecular weight excluding hydrogens is 369 g/mol. The molecule has 0 bridgehead atoms. The quantitative estimate of drug-likeness (QED) is 0.829. The molecule has 2 aliphatic rings. The Hall–Kier alpha value is -2.18. The molecule has 0 unspecified atom stereocenters. The van der Waals surface area contributed by atoms with Gasteiger partial charge in [-0.05, 0) is 88.6 Å². The van der Waals surface area contributed by atoms with Gasteiger partial charge in [-0.3, -0.25) is 9.69 Å². The van der Waals surface area contributed by atoms with E-state index in [2.05, 4.69) is 28.2 Å². The lowest BCUT2D eigenvalue weighted by Crippen LogP contribution is -2.41. The number of likely N-dealkylation sites (tertiary alicyclic amines) is 2. The van der Waals surface area contributed by atoms with Gasteiger partial charge in [0.05, 0.1) is 12.5 Å². The molecule has 2 aliphatic heterocycles. The third-order valence-electron chi connectivity index (χ3n) is 6.43. The molecule has 5 nitrogen and oxygen atoms in total. The molecule has 1 aromatic heterocycles. The van der Waals surface area contributed by atoms with E-state index < -0.39 is 0 Å². The highest BCUT2D eigenvalue weighted by molar-refractivity contribution is 5.92. The molecular formula is C23H30FN3O2. The lowest BCUT2D eigenvalue weighted by atomic mass is 9.86. The predicted molar refractivity (Wildman–Crippen MR) is 111 cm³/mol. The molecule has 2 fully saturated rings. The van der Waals surface area contributed by atoms with Gasteiger partial charge < -0.3 is 14.6 Å². The van der Waals surface area contributed by atoms with Gasteiger partial charge in [0.1, 0.15) is 17.3 Å². The highest BCUT2D eigenvalue weighted by Gasteiger charge is 2.39. The summed E-state index contributed by atoms with van der Waals surface area (Å²) in [6, 6.07) is 10.5. The zero-order chi connectivity index (χ0) is 20.4. The molecule has 0 radical (unpaired) electrons. The van der Waals surface area contributed by atoms with Crippen LogP contribution in [0.25, 0.3) is 0 Å². The van der Waals surface area contributed by atoms with Crippen LogP contribution < -0.4 is 5.32 Å². The summed E-state index contributed by atoms with van der Waals surface area (Å²) in [5.74, 6) is 2.36. The van der Waals surface area contributed by atoms with E-state index in [1.54, 1.807) is 12.1 Å². The molecule has 4 rings (SSSR count). The largest absolute Gasteiger partial charge is 0.465 e. The van der Waals surface area contributed by atoms with Crippen LogP contribution in [0.4, 0.5) is 10.1 Å². The molecule has 1 aromatic carbocycles. The maximum absolute atomic E-state index is 13.1. The average Bonchev–Trinajstić information content (AvgIpc) is 3.30. The van der Waals surface area contributed by atoms with Crippen LogP contribution in [-0.4, -0.2) is 48.4 Å². The van der Waals surface area contributed by atoms with Crippen LogP contribution in [0.3, 0.4) is 0 Å². The highest BCUT2D eigenvalue weighted by atomic mass is 19.1. The first-order chi connectivity index (χ1) is 14.0. The summed E-state index contributed by atoms with van der Waals surface area (Å²) < 4.78 is 18.8. The topological polar surface area (TPSA) is 48.7 Å². The van der Waals surface area contributed by atoms with Crippen molar-refractivity contribution in [3.63, 3.8) is 0 Å². The Kier molecular flexibility index (Phi) is 6.01. The van der Waals surface area contributed by atoms with Gasteiger partial charge in [-0.25, -0.2) is 4.39 Å². The first kappa shape index (κ1) is 20.1. The number of halogens is 1. The van der Waals surface area contributed by atoms with Crippen LogP contribution >= 0.6 is 0 Å². The molecule has 1 N–H and O–H groups in total. The number of hydrogen-bond donors (Lipinski definition) is 1. The Labute approximate surface area is 171 Å². The van der Waals surface area contributed by atoms with Gasteiger partial charge in [0.25, 0.3) is 0 Å². The number of benzene rings is 1. The van der Waals surface area contributed by atoms with Gasteiger partial charge in [0, 0.05) is 18.3 Å². The number of carbonyl (C=O) groups is 1. The molecule has 0 saturated carbocycles. The molecule has 156 valence electrons. The zero-order valence-electron chi connectivity index (χ0n) is 17.2. The summed E-state index contributed by atoms with van der Waals surface area (Å²) in [5.41, 5.74) is 0.656. The minimum Gasteiger partial charge on any atom is -0.465 e. The Morgan fingerprint density at radius 3 is 2.55 bits per heavy atom. The number of nitrogens with zero attached hydrogens (tertiary/aromatic N) is 2. The van der Waals surface area contributed by atoms with Crippen molar-refractivity contribution >= 4 is 11.6 Å². The van der Waals surface area contributed by atoms with E-state index in [0.717, 1.165) is 57.0 Å². The highest BCUT2D eigenvalue weighted by Crippen LogP contribution is 2.33. The number of anilines is 1. The van der Waals surface area contributed by atoms with Crippen LogP contribution in [0.1, 0.15) is 30.8 Å². The number of rotatable bonds is 5. The van der Waals surface area contributed by atoms with Gasteiger partial charge in [0.15, 0.2) is 0 Å². The minimum atomic E-state index is -0.294. The van der Waals surface area contributed by atoms with Crippen LogP contribution in [0.15, 0.2) is 40.8 Å².